The standard InChI is InChI=1S/C22H21BrN2O3/c1-27-20-11-18-19(12-21(20)28-9-5-8-23)24-13-17-10-16(14-25(17)22(18)26)15-6-3-2-4-7-15/h2-4,6-7,11-14,17H,5,8-10H2,1H3. The molecule has 4 rings (SSSR count). The Morgan fingerprint density at radius 2 is 2.04 bits per heavy atom. The lowest BCUT2D eigenvalue weighted by atomic mass is 10.0. The summed E-state index contributed by atoms with van der Waals surface area (Å²) in [6.45, 7) is 0.565. The van der Waals surface area contributed by atoms with Crippen LogP contribution in [0.2, 0.25) is 0 Å². The van der Waals surface area contributed by atoms with Crippen molar-refractivity contribution in [3.05, 3.63) is 59.8 Å². The van der Waals surface area contributed by atoms with E-state index in [0.717, 1.165) is 29.3 Å². The van der Waals surface area contributed by atoms with Gasteiger partial charge >= 0.3 is 0 Å². The molecular formula is C22H21BrN2O3. The van der Waals surface area contributed by atoms with E-state index in [1.165, 1.54) is 0 Å². The van der Waals surface area contributed by atoms with Gasteiger partial charge in [-0.1, -0.05) is 46.3 Å². The quantitative estimate of drug-likeness (QED) is 0.477. The predicted octanol–water partition coefficient (Wildman–Crippen LogP) is 4.83. The zero-order valence-electron chi connectivity index (χ0n) is 15.6. The predicted molar refractivity (Wildman–Crippen MR) is 114 cm³/mol. The van der Waals surface area contributed by atoms with Gasteiger partial charge in [0.05, 0.1) is 31.0 Å². The summed E-state index contributed by atoms with van der Waals surface area (Å²) in [5.41, 5.74) is 3.40. The van der Waals surface area contributed by atoms with Crippen LogP contribution in [-0.2, 0) is 0 Å². The van der Waals surface area contributed by atoms with E-state index in [1.807, 2.05) is 30.6 Å². The molecule has 6 heteroatoms. The maximum Gasteiger partial charge on any atom is 0.260 e. The molecule has 2 aromatic carbocycles. The third-order valence-electron chi connectivity index (χ3n) is 4.89. The fourth-order valence-electron chi connectivity index (χ4n) is 3.46. The zero-order valence-corrected chi connectivity index (χ0v) is 17.2. The molecule has 144 valence electrons. The van der Waals surface area contributed by atoms with Crippen molar-refractivity contribution in [2.24, 2.45) is 4.99 Å². The topological polar surface area (TPSA) is 51.1 Å². The summed E-state index contributed by atoms with van der Waals surface area (Å²) in [4.78, 5) is 19.6. The summed E-state index contributed by atoms with van der Waals surface area (Å²) in [6.07, 6.45) is 5.42. The van der Waals surface area contributed by atoms with Crippen LogP contribution < -0.4 is 9.47 Å². The van der Waals surface area contributed by atoms with E-state index in [1.54, 1.807) is 24.1 Å². The van der Waals surface area contributed by atoms with Gasteiger partial charge in [0.1, 0.15) is 0 Å². The number of rotatable bonds is 6. The Hall–Kier alpha value is -2.60. The highest BCUT2D eigenvalue weighted by Gasteiger charge is 2.33. The minimum Gasteiger partial charge on any atom is -0.493 e. The Balaban J connectivity index is 1.66. The average molecular weight is 441 g/mol. The molecule has 2 aromatic rings. The number of halogens is 1. The highest BCUT2D eigenvalue weighted by molar-refractivity contribution is 9.09. The van der Waals surface area contributed by atoms with Gasteiger partial charge in [0.2, 0.25) is 0 Å². The Kier molecular flexibility index (Phi) is 5.48. The molecule has 0 aliphatic carbocycles. The van der Waals surface area contributed by atoms with Crippen molar-refractivity contribution in [3.63, 3.8) is 0 Å². The van der Waals surface area contributed by atoms with Crippen molar-refractivity contribution in [1.82, 2.24) is 4.90 Å². The van der Waals surface area contributed by atoms with Gasteiger partial charge in [0, 0.05) is 30.2 Å². The van der Waals surface area contributed by atoms with E-state index >= 15 is 0 Å². The van der Waals surface area contributed by atoms with Crippen molar-refractivity contribution in [1.29, 1.82) is 0 Å². The lowest BCUT2D eigenvalue weighted by molar-refractivity contribution is 0.0817. The zero-order chi connectivity index (χ0) is 19.5. The van der Waals surface area contributed by atoms with Crippen LogP contribution >= 0.6 is 15.9 Å². The van der Waals surface area contributed by atoms with Crippen LogP contribution in [0.25, 0.3) is 5.57 Å². The van der Waals surface area contributed by atoms with Gasteiger partial charge in [0.15, 0.2) is 11.5 Å². The molecule has 1 unspecified atom stereocenters. The minimum atomic E-state index is -0.0844. The van der Waals surface area contributed by atoms with Crippen LogP contribution in [0.15, 0.2) is 53.7 Å². The van der Waals surface area contributed by atoms with E-state index in [-0.39, 0.29) is 11.9 Å². The van der Waals surface area contributed by atoms with E-state index in [0.29, 0.717) is 29.4 Å². The molecule has 0 radical (unpaired) electrons. The normalized spacial score (nSPS) is 17.6. The number of carbonyl (C=O) groups is 1. The van der Waals surface area contributed by atoms with Gasteiger partial charge in [-0.15, -0.1) is 0 Å². The molecule has 0 N–H and O–H groups in total. The van der Waals surface area contributed by atoms with Gasteiger partial charge in [-0.25, -0.2) is 0 Å². The van der Waals surface area contributed by atoms with Crippen molar-refractivity contribution >= 4 is 39.3 Å². The summed E-state index contributed by atoms with van der Waals surface area (Å²) < 4.78 is 11.3. The number of hydrogen-bond acceptors (Lipinski definition) is 4. The first-order valence-corrected chi connectivity index (χ1v) is 10.4. The molecule has 0 aromatic heterocycles. The first kappa shape index (κ1) is 18.7. The second-order valence-electron chi connectivity index (χ2n) is 6.69. The van der Waals surface area contributed by atoms with Crippen molar-refractivity contribution in [2.75, 3.05) is 19.0 Å². The third kappa shape index (κ3) is 3.56. The number of methoxy groups -OCH3 is 1. The minimum absolute atomic E-state index is 0.0752. The van der Waals surface area contributed by atoms with Crippen LogP contribution in [-0.4, -0.2) is 42.1 Å². The molecule has 28 heavy (non-hydrogen) atoms. The van der Waals surface area contributed by atoms with E-state index in [2.05, 4.69) is 33.1 Å². The average Bonchev–Trinajstić information content (AvgIpc) is 3.12. The highest BCUT2D eigenvalue weighted by atomic mass is 79.9. The number of carbonyl (C=O) groups excluding carboxylic acids is 1. The second-order valence-corrected chi connectivity index (χ2v) is 7.49. The van der Waals surface area contributed by atoms with Crippen LogP contribution in [0.1, 0.15) is 28.8 Å². The van der Waals surface area contributed by atoms with Crippen LogP contribution in [0, 0.1) is 0 Å². The number of hydrogen-bond donors (Lipinski definition) is 0. The molecular weight excluding hydrogens is 420 g/mol. The molecule has 0 bridgehead atoms. The lowest BCUT2D eigenvalue weighted by Gasteiger charge is -2.19. The van der Waals surface area contributed by atoms with Crippen molar-refractivity contribution in [2.45, 2.75) is 18.9 Å². The maximum absolute atomic E-state index is 13.2. The summed E-state index contributed by atoms with van der Waals surface area (Å²) in [5, 5.41) is 0.865. The monoisotopic (exact) mass is 440 g/mol. The van der Waals surface area contributed by atoms with Gasteiger partial charge in [-0.05, 0) is 23.6 Å². The smallest absolute Gasteiger partial charge is 0.260 e. The molecule has 0 spiro atoms. The number of nitrogens with zero attached hydrogens (tertiary/aromatic N) is 2. The Labute approximate surface area is 172 Å². The fourth-order valence-corrected chi connectivity index (χ4v) is 3.69. The molecule has 0 saturated heterocycles. The molecule has 5 nitrogen and oxygen atoms in total. The van der Waals surface area contributed by atoms with Crippen molar-refractivity contribution in [3.8, 4) is 11.5 Å². The SMILES string of the molecule is COc1cc2c(cc1OCCCBr)N=CC1CC(c3ccccc3)=CN1C2=O. The molecule has 1 atom stereocenters. The number of aliphatic imine (C=N–C) groups is 1. The number of ether oxygens (including phenoxy) is 2. The van der Waals surface area contributed by atoms with E-state index in [4.69, 9.17) is 9.47 Å². The molecule has 2 aliphatic heterocycles. The first-order valence-electron chi connectivity index (χ1n) is 9.25. The van der Waals surface area contributed by atoms with E-state index in [9.17, 15) is 4.79 Å². The molecule has 2 heterocycles. The fraction of sp³-hybridized carbons (Fsp3) is 0.273. The summed E-state index contributed by atoms with van der Waals surface area (Å²) >= 11 is 3.40. The van der Waals surface area contributed by atoms with Gasteiger partial charge in [-0.3, -0.25) is 9.79 Å². The molecule has 2 aliphatic rings. The second kappa shape index (κ2) is 8.19. The Morgan fingerprint density at radius 3 is 2.79 bits per heavy atom. The number of benzene rings is 2. The number of alkyl halides is 1. The number of fused-ring (bicyclic) bond motifs is 2. The van der Waals surface area contributed by atoms with E-state index < -0.39 is 0 Å². The van der Waals surface area contributed by atoms with Crippen molar-refractivity contribution < 1.29 is 14.3 Å². The Morgan fingerprint density at radius 1 is 1.21 bits per heavy atom. The maximum atomic E-state index is 13.2. The molecule has 1 amide bonds. The van der Waals surface area contributed by atoms with Crippen LogP contribution in [0.4, 0.5) is 5.69 Å². The van der Waals surface area contributed by atoms with Gasteiger partial charge in [0.25, 0.3) is 5.91 Å². The third-order valence-corrected chi connectivity index (χ3v) is 5.45. The van der Waals surface area contributed by atoms with Gasteiger partial charge in [-0.2, -0.15) is 0 Å². The summed E-state index contributed by atoms with van der Waals surface area (Å²) in [5.74, 6) is 1.07. The molecule has 0 fully saturated rings. The largest absolute Gasteiger partial charge is 0.493 e. The number of amides is 1. The van der Waals surface area contributed by atoms with Gasteiger partial charge < -0.3 is 14.4 Å². The summed E-state index contributed by atoms with van der Waals surface area (Å²) in [6, 6.07) is 13.6. The van der Waals surface area contributed by atoms with Crippen LogP contribution in [0.3, 0.4) is 0 Å². The highest BCUT2D eigenvalue weighted by Crippen LogP contribution is 2.39. The molecule has 0 saturated carbocycles. The first-order chi connectivity index (χ1) is 13.7. The van der Waals surface area contributed by atoms with Crippen LogP contribution in [0.5, 0.6) is 11.5 Å². The summed E-state index contributed by atoms with van der Waals surface area (Å²) in [7, 11) is 1.58. The Bertz CT molecular complexity index is 940. The lowest BCUT2D eigenvalue weighted by Crippen LogP contribution is -2.32.